The molecular weight excluding hydrogens is 356 g/mol. The highest BCUT2D eigenvalue weighted by molar-refractivity contribution is 5.70. The SMILES string of the molecule is CCCCCCCCCOC(=O)CCCCCC(=O)OC(C)C(C)CCOC. The number of hydrogen-bond donors (Lipinski definition) is 0. The quantitative estimate of drug-likeness (QED) is 0.201. The van der Waals surface area contributed by atoms with Crippen LogP contribution < -0.4 is 0 Å². The fourth-order valence-electron chi connectivity index (χ4n) is 2.95. The van der Waals surface area contributed by atoms with Crippen LogP contribution in [0, 0.1) is 5.92 Å². The maximum absolute atomic E-state index is 11.9. The summed E-state index contributed by atoms with van der Waals surface area (Å²) in [5, 5.41) is 0. The average molecular weight is 401 g/mol. The molecule has 0 aliphatic heterocycles. The maximum atomic E-state index is 11.9. The minimum Gasteiger partial charge on any atom is -0.466 e. The van der Waals surface area contributed by atoms with Gasteiger partial charge in [0.1, 0.15) is 6.10 Å². The van der Waals surface area contributed by atoms with Crippen molar-refractivity contribution in [3.05, 3.63) is 0 Å². The Kier molecular flexibility index (Phi) is 18.5. The van der Waals surface area contributed by atoms with E-state index in [1.165, 1.54) is 32.1 Å². The number of hydrogen-bond acceptors (Lipinski definition) is 5. The summed E-state index contributed by atoms with van der Waals surface area (Å²) in [5.41, 5.74) is 0. The van der Waals surface area contributed by atoms with Crippen LogP contribution in [0.15, 0.2) is 0 Å². The Morgan fingerprint density at radius 2 is 1.32 bits per heavy atom. The molecule has 0 saturated carbocycles. The topological polar surface area (TPSA) is 61.8 Å². The summed E-state index contributed by atoms with van der Waals surface area (Å²) < 4.78 is 15.8. The fraction of sp³-hybridized carbons (Fsp3) is 0.913. The number of unbranched alkanes of at least 4 members (excludes halogenated alkanes) is 8. The van der Waals surface area contributed by atoms with E-state index < -0.39 is 0 Å². The molecule has 2 atom stereocenters. The fourth-order valence-corrected chi connectivity index (χ4v) is 2.95. The molecular formula is C23H44O5. The molecule has 0 saturated heterocycles. The molecule has 0 amide bonds. The Morgan fingerprint density at radius 1 is 0.750 bits per heavy atom. The van der Waals surface area contributed by atoms with Crippen LogP contribution in [-0.4, -0.2) is 38.4 Å². The molecule has 28 heavy (non-hydrogen) atoms. The monoisotopic (exact) mass is 400 g/mol. The summed E-state index contributed by atoms with van der Waals surface area (Å²) in [5.74, 6) is 0.0161. The molecule has 0 spiro atoms. The van der Waals surface area contributed by atoms with Gasteiger partial charge in [0.15, 0.2) is 0 Å². The number of ether oxygens (including phenoxy) is 3. The first-order valence-electron chi connectivity index (χ1n) is 11.3. The van der Waals surface area contributed by atoms with E-state index in [4.69, 9.17) is 14.2 Å². The zero-order valence-corrected chi connectivity index (χ0v) is 18.8. The number of carbonyl (C=O) groups excluding carboxylic acids is 2. The van der Waals surface area contributed by atoms with Crippen LogP contribution in [0.3, 0.4) is 0 Å². The molecule has 2 unspecified atom stereocenters. The van der Waals surface area contributed by atoms with Gasteiger partial charge in [-0.05, 0) is 38.5 Å². The molecule has 0 aliphatic carbocycles. The van der Waals surface area contributed by atoms with Crippen LogP contribution in [0.5, 0.6) is 0 Å². The lowest BCUT2D eigenvalue weighted by Crippen LogP contribution is -2.23. The summed E-state index contributed by atoms with van der Waals surface area (Å²) in [6.45, 7) is 7.43. The van der Waals surface area contributed by atoms with E-state index in [0.29, 0.717) is 26.1 Å². The molecule has 5 heteroatoms. The maximum Gasteiger partial charge on any atom is 0.306 e. The molecule has 0 aliphatic rings. The molecule has 5 nitrogen and oxygen atoms in total. The van der Waals surface area contributed by atoms with Crippen molar-refractivity contribution in [2.45, 2.75) is 110 Å². The summed E-state index contributed by atoms with van der Waals surface area (Å²) in [4.78, 5) is 23.6. The van der Waals surface area contributed by atoms with Crippen LogP contribution in [0.4, 0.5) is 0 Å². The van der Waals surface area contributed by atoms with Gasteiger partial charge in [0.2, 0.25) is 0 Å². The summed E-state index contributed by atoms with van der Waals surface area (Å²) in [7, 11) is 1.68. The van der Waals surface area contributed by atoms with Crippen LogP contribution in [-0.2, 0) is 23.8 Å². The molecule has 0 aromatic heterocycles. The van der Waals surface area contributed by atoms with Crippen molar-refractivity contribution in [1.82, 2.24) is 0 Å². The van der Waals surface area contributed by atoms with Gasteiger partial charge in [-0.1, -0.05) is 58.8 Å². The van der Waals surface area contributed by atoms with Crippen molar-refractivity contribution in [2.24, 2.45) is 5.92 Å². The number of carbonyl (C=O) groups is 2. The van der Waals surface area contributed by atoms with E-state index in [-0.39, 0.29) is 24.0 Å². The standard InChI is InChI=1S/C23H44O5/c1-5-6-7-8-9-10-14-18-27-22(24)15-12-11-13-16-23(25)28-21(3)20(2)17-19-26-4/h20-21H,5-19H2,1-4H3. The molecule has 0 bridgehead atoms. The highest BCUT2D eigenvalue weighted by Crippen LogP contribution is 2.14. The molecule has 0 rings (SSSR count). The lowest BCUT2D eigenvalue weighted by atomic mass is 10.0. The first kappa shape index (κ1) is 26.9. The summed E-state index contributed by atoms with van der Waals surface area (Å²) >= 11 is 0. The summed E-state index contributed by atoms with van der Waals surface area (Å²) in [6, 6.07) is 0. The third kappa shape index (κ3) is 17.0. The van der Waals surface area contributed by atoms with Crippen LogP contribution >= 0.6 is 0 Å². The van der Waals surface area contributed by atoms with Gasteiger partial charge in [0.25, 0.3) is 0 Å². The van der Waals surface area contributed by atoms with E-state index in [0.717, 1.165) is 38.5 Å². The smallest absolute Gasteiger partial charge is 0.306 e. The Bertz CT molecular complexity index is 383. The lowest BCUT2D eigenvalue weighted by molar-refractivity contribution is -0.151. The van der Waals surface area contributed by atoms with Crippen molar-refractivity contribution in [2.75, 3.05) is 20.3 Å². The third-order valence-electron chi connectivity index (χ3n) is 5.17. The van der Waals surface area contributed by atoms with Crippen molar-refractivity contribution in [3.63, 3.8) is 0 Å². The summed E-state index contributed by atoms with van der Waals surface area (Å²) in [6.07, 6.45) is 12.5. The van der Waals surface area contributed by atoms with Gasteiger partial charge in [0, 0.05) is 26.6 Å². The van der Waals surface area contributed by atoms with E-state index in [2.05, 4.69) is 13.8 Å². The predicted molar refractivity (Wildman–Crippen MR) is 113 cm³/mol. The largest absolute Gasteiger partial charge is 0.466 e. The van der Waals surface area contributed by atoms with Gasteiger partial charge in [0.05, 0.1) is 6.61 Å². The van der Waals surface area contributed by atoms with Crippen molar-refractivity contribution >= 4 is 11.9 Å². The first-order valence-corrected chi connectivity index (χ1v) is 11.3. The highest BCUT2D eigenvalue weighted by atomic mass is 16.5. The van der Waals surface area contributed by atoms with Gasteiger partial charge < -0.3 is 14.2 Å². The minimum atomic E-state index is -0.154. The third-order valence-corrected chi connectivity index (χ3v) is 5.17. The normalized spacial score (nSPS) is 13.1. The second-order valence-electron chi connectivity index (χ2n) is 7.86. The Labute approximate surface area is 172 Å². The Hall–Kier alpha value is -1.10. The van der Waals surface area contributed by atoms with E-state index in [9.17, 15) is 9.59 Å². The number of methoxy groups -OCH3 is 1. The first-order chi connectivity index (χ1) is 13.5. The zero-order valence-electron chi connectivity index (χ0n) is 18.8. The second-order valence-corrected chi connectivity index (χ2v) is 7.86. The van der Waals surface area contributed by atoms with Crippen molar-refractivity contribution in [1.29, 1.82) is 0 Å². The van der Waals surface area contributed by atoms with E-state index in [1.54, 1.807) is 7.11 Å². The predicted octanol–water partition coefficient (Wildman–Crippen LogP) is 5.84. The Morgan fingerprint density at radius 3 is 1.96 bits per heavy atom. The van der Waals surface area contributed by atoms with Gasteiger partial charge in [-0.3, -0.25) is 9.59 Å². The molecule has 0 aromatic carbocycles. The van der Waals surface area contributed by atoms with Gasteiger partial charge in [-0.2, -0.15) is 0 Å². The molecule has 0 fully saturated rings. The van der Waals surface area contributed by atoms with Gasteiger partial charge in [-0.25, -0.2) is 0 Å². The Balaban J connectivity index is 3.51. The molecule has 0 radical (unpaired) electrons. The van der Waals surface area contributed by atoms with Gasteiger partial charge in [-0.15, -0.1) is 0 Å². The molecule has 166 valence electrons. The van der Waals surface area contributed by atoms with Gasteiger partial charge >= 0.3 is 11.9 Å². The molecule has 0 aromatic rings. The zero-order chi connectivity index (χ0) is 21.0. The van der Waals surface area contributed by atoms with Crippen LogP contribution in [0.1, 0.15) is 104 Å². The van der Waals surface area contributed by atoms with Crippen LogP contribution in [0.25, 0.3) is 0 Å². The lowest BCUT2D eigenvalue weighted by Gasteiger charge is -2.20. The van der Waals surface area contributed by atoms with Crippen LogP contribution in [0.2, 0.25) is 0 Å². The minimum absolute atomic E-state index is 0.0933. The van der Waals surface area contributed by atoms with Crippen molar-refractivity contribution in [3.8, 4) is 0 Å². The number of rotatable bonds is 19. The van der Waals surface area contributed by atoms with Crippen molar-refractivity contribution < 1.29 is 23.8 Å². The highest BCUT2D eigenvalue weighted by Gasteiger charge is 2.16. The molecule has 0 N–H and O–H groups in total. The molecule has 0 heterocycles. The van der Waals surface area contributed by atoms with E-state index >= 15 is 0 Å². The number of esters is 2. The van der Waals surface area contributed by atoms with E-state index in [1.807, 2.05) is 6.92 Å². The second kappa shape index (κ2) is 19.2. The average Bonchev–Trinajstić information content (AvgIpc) is 2.67.